The van der Waals surface area contributed by atoms with Crippen molar-refractivity contribution in [3.8, 4) is 5.75 Å². The fraction of sp³-hybridized carbons (Fsp3) is 0.667. The summed E-state index contributed by atoms with van der Waals surface area (Å²) < 4.78 is 57.3. The molecule has 156 valence electrons. The van der Waals surface area contributed by atoms with Crippen molar-refractivity contribution in [1.29, 1.82) is 0 Å². The number of alkyl halides is 2. The Hall–Kier alpha value is -1.36. The molecule has 0 fully saturated rings. The van der Waals surface area contributed by atoms with E-state index < -0.39 is 12.7 Å². The molecular weight excluding hydrogens is 366 g/mol. The van der Waals surface area contributed by atoms with E-state index in [9.17, 15) is 8.78 Å². The van der Waals surface area contributed by atoms with Crippen LogP contribution in [0.1, 0.15) is 0 Å². The highest BCUT2D eigenvalue weighted by molar-refractivity contribution is 5.21. The van der Waals surface area contributed by atoms with Crippen molar-refractivity contribution in [2.75, 3.05) is 72.7 Å². The summed E-state index contributed by atoms with van der Waals surface area (Å²) in [5.41, 5.74) is 0. The van der Waals surface area contributed by atoms with Crippen LogP contribution in [0.2, 0.25) is 0 Å². The molecule has 0 aliphatic carbocycles. The standard InChI is InChI=1S/C18H28F2O7/c19-18(20,27-17-4-2-1-3-5-17)16-26-15-14-25-13-12-24-11-10-23-9-8-22-7-6-21/h1-5,21H,6-16H2. The summed E-state index contributed by atoms with van der Waals surface area (Å²) in [6.45, 7) is 2.10. The Kier molecular flexibility index (Phi) is 13.7. The first-order valence-corrected chi connectivity index (χ1v) is 8.75. The van der Waals surface area contributed by atoms with Crippen molar-refractivity contribution in [2.24, 2.45) is 0 Å². The summed E-state index contributed by atoms with van der Waals surface area (Å²) in [6.07, 6.45) is -3.40. The molecule has 1 aromatic rings. The zero-order valence-electron chi connectivity index (χ0n) is 15.3. The van der Waals surface area contributed by atoms with Crippen LogP contribution < -0.4 is 4.74 Å². The van der Waals surface area contributed by atoms with Crippen LogP contribution in [-0.2, 0) is 23.7 Å². The van der Waals surface area contributed by atoms with E-state index in [0.717, 1.165) is 0 Å². The van der Waals surface area contributed by atoms with E-state index in [1.54, 1.807) is 18.2 Å². The normalized spacial score (nSPS) is 11.7. The highest BCUT2D eigenvalue weighted by Crippen LogP contribution is 2.21. The topological polar surface area (TPSA) is 75.6 Å². The molecule has 27 heavy (non-hydrogen) atoms. The SMILES string of the molecule is OCCOCCOCCOCCOCCOCC(F)(F)Oc1ccccc1. The Morgan fingerprint density at radius 2 is 1.11 bits per heavy atom. The van der Waals surface area contributed by atoms with Crippen molar-refractivity contribution in [3.63, 3.8) is 0 Å². The second-order valence-corrected chi connectivity index (χ2v) is 5.28. The predicted octanol–water partition coefficient (Wildman–Crippen LogP) is 1.73. The van der Waals surface area contributed by atoms with E-state index in [0.29, 0.717) is 46.2 Å². The summed E-state index contributed by atoms with van der Waals surface area (Å²) in [6, 6.07) is 7.84. The van der Waals surface area contributed by atoms with Crippen molar-refractivity contribution < 1.29 is 42.3 Å². The summed E-state index contributed by atoms with van der Waals surface area (Å²) in [4.78, 5) is 0. The molecule has 0 saturated carbocycles. The van der Waals surface area contributed by atoms with E-state index in [4.69, 9.17) is 28.8 Å². The first kappa shape index (κ1) is 23.7. The minimum Gasteiger partial charge on any atom is -0.431 e. The Balaban J connectivity index is 1.85. The van der Waals surface area contributed by atoms with E-state index >= 15 is 0 Å². The number of para-hydroxylation sites is 1. The largest absolute Gasteiger partial charge is 0.431 e. The third-order valence-corrected chi connectivity index (χ3v) is 3.00. The molecule has 7 nitrogen and oxygen atoms in total. The molecule has 0 heterocycles. The number of rotatable bonds is 18. The molecule has 0 saturated heterocycles. The summed E-state index contributed by atoms with van der Waals surface area (Å²) in [7, 11) is 0. The van der Waals surface area contributed by atoms with Gasteiger partial charge < -0.3 is 33.5 Å². The van der Waals surface area contributed by atoms with E-state index in [1.165, 1.54) is 12.1 Å². The maximum Gasteiger partial charge on any atom is 0.421 e. The maximum atomic E-state index is 13.5. The Labute approximate surface area is 158 Å². The molecule has 1 rings (SSSR count). The van der Waals surface area contributed by atoms with Gasteiger partial charge in [-0.3, -0.25) is 0 Å². The van der Waals surface area contributed by atoms with Gasteiger partial charge in [-0.05, 0) is 12.1 Å². The molecule has 0 spiro atoms. The average Bonchev–Trinajstić information content (AvgIpc) is 2.65. The van der Waals surface area contributed by atoms with Crippen LogP contribution in [0, 0.1) is 0 Å². The fourth-order valence-electron chi connectivity index (χ4n) is 1.83. The molecule has 9 heteroatoms. The second kappa shape index (κ2) is 15.7. The van der Waals surface area contributed by atoms with Crippen LogP contribution in [0.4, 0.5) is 8.78 Å². The smallest absolute Gasteiger partial charge is 0.421 e. The third kappa shape index (κ3) is 14.4. The lowest BCUT2D eigenvalue weighted by atomic mass is 10.3. The van der Waals surface area contributed by atoms with Crippen molar-refractivity contribution in [1.82, 2.24) is 0 Å². The van der Waals surface area contributed by atoms with Crippen molar-refractivity contribution in [2.45, 2.75) is 6.11 Å². The van der Waals surface area contributed by atoms with Gasteiger partial charge in [-0.15, -0.1) is 0 Å². The van der Waals surface area contributed by atoms with Crippen LogP contribution in [0.25, 0.3) is 0 Å². The highest BCUT2D eigenvalue weighted by Gasteiger charge is 2.31. The van der Waals surface area contributed by atoms with Gasteiger partial charge >= 0.3 is 6.11 Å². The van der Waals surface area contributed by atoms with Gasteiger partial charge in [0.1, 0.15) is 5.75 Å². The first-order chi connectivity index (χ1) is 13.1. The van der Waals surface area contributed by atoms with Gasteiger partial charge in [-0.2, -0.15) is 8.78 Å². The van der Waals surface area contributed by atoms with Crippen LogP contribution in [-0.4, -0.2) is 83.9 Å². The van der Waals surface area contributed by atoms with Crippen LogP contribution in [0.5, 0.6) is 5.75 Å². The van der Waals surface area contributed by atoms with E-state index in [1.807, 2.05) is 0 Å². The zero-order chi connectivity index (χ0) is 19.6. The summed E-state index contributed by atoms with van der Waals surface area (Å²) >= 11 is 0. The van der Waals surface area contributed by atoms with Crippen LogP contribution >= 0.6 is 0 Å². The number of hydrogen-bond donors (Lipinski definition) is 1. The second-order valence-electron chi connectivity index (χ2n) is 5.28. The Bertz CT molecular complexity index is 449. The van der Waals surface area contributed by atoms with E-state index in [2.05, 4.69) is 4.74 Å². The molecule has 1 aromatic carbocycles. The van der Waals surface area contributed by atoms with Crippen LogP contribution in [0.15, 0.2) is 30.3 Å². The lowest BCUT2D eigenvalue weighted by Crippen LogP contribution is -2.31. The van der Waals surface area contributed by atoms with Gasteiger partial charge in [-0.1, -0.05) is 18.2 Å². The summed E-state index contributed by atoms with van der Waals surface area (Å²) in [5, 5.41) is 8.50. The number of halogens is 2. The molecular formula is C18H28F2O7. The van der Waals surface area contributed by atoms with Gasteiger partial charge in [-0.25, -0.2) is 0 Å². The van der Waals surface area contributed by atoms with Gasteiger partial charge in [0.25, 0.3) is 0 Å². The molecule has 0 aromatic heterocycles. The zero-order valence-corrected chi connectivity index (χ0v) is 15.3. The molecule has 0 bridgehead atoms. The molecule has 0 radical (unpaired) electrons. The Morgan fingerprint density at radius 1 is 0.667 bits per heavy atom. The highest BCUT2D eigenvalue weighted by atomic mass is 19.3. The monoisotopic (exact) mass is 394 g/mol. The fourth-order valence-corrected chi connectivity index (χ4v) is 1.83. The van der Waals surface area contributed by atoms with Gasteiger partial charge in [0.2, 0.25) is 0 Å². The number of aliphatic hydroxyl groups is 1. The third-order valence-electron chi connectivity index (χ3n) is 3.00. The molecule has 0 aliphatic rings. The van der Waals surface area contributed by atoms with E-state index in [-0.39, 0.29) is 25.6 Å². The van der Waals surface area contributed by atoms with Crippen LogP contribution in [0.3, 0.4) is 0 Å². The van der Waals surface area contributed by atoms with Gasteiger partial charge in [0.05, 0.1) is 66.1 Å². The number of hydrogen-bond acceptors (Lipinski definition) is 7. The molecule has 0 unspecified atom stereocenters. The van der Waals surface area contributed by atoms with Crippen molar-refractivity contribution >= 4 is 0 Å². The maximum absolute atomic E-state index is 13.5. The number of aliphatic hydroxyl groups excluding tert-OH is 1. The van der Waals surface area contributed by atoms with Crippen molar-refractivity contribution in [3.05, 3.63) is 30.3 Å². The molecule has 0 aliphatic heterocycles. The lowest BCUT2D eigenvalue weighted by molar-refractivity contribution is -0.213. The van der Waals surface area contributed by atoms with Gasteiger partial charge in [0, 0.05) is 0 Å². The molecule has 0 amide bonds. The molecule has 0 atom stereocenters. The molecule has 1 N–H and O–H groups in total. The minimum absolute atomic E-state index is 0.00194. The lowest BCUT2D eigenvalue weighted by Gasteiger charge is -2.17. The first-order valence-electron chi connectivity index (χ1n) is 8.75. The quantitative estimate of drug-likeness (QED) is 0.380. The summed E-state index contributed by atoms with van der Waals surface area (Å²) in [5.74, 6) is 0.0844. The Morgan fingerprint density at radius 3 is 1.59 bits per heavy atom. The number of ether oxygens (including phenoxy) is 6. The predicted molar refractivity (Wildman–Crippen MR) is 93.2 cm³/mol. The minimum atomic E-state index is -3.40. The van der Waals surface area contributed by atoms with Gasteiger partial charge in [0.15, 0.2) is 6.61 Å². The average molecular weight is 394 g/mol. The number of benzene rings is 1.